The molecule has 0 aliphatic carbocycles. The zero-order valence-electron chi connectivity index (χ0n) is 22.6. The second-order valence-electron chi connectivity index (χ2n) is 10.2. The average molecular weight is 602 g/mol. The summed E-state index contributed by atoms with van der Waals surface area (Å²) < 4.78 is 34.3. The SMILES string of the molecule is O=C(NCc1ccccc1)[C@H]1CN(C(=O)c2ccc3c(c2)CCCN3S(=O)(=O)c2ccc(Cl)cc2)c2ccccc2O1. The van der Waals surface area contributed by atoms with E-state index < -0.39 is 16.1 Å². The quantitative estimate of drug-likeness (QED) is 0.328. The van der Waals surface area contributed by atoms with Gasteiger partial charge in [0.05, 0.1) is 22.8 Å². The zero-order valence-corrected chi connectivity index (χ0v) is 24.1. The van der Waals surface area contributed by atoms with E-state index in [0.717, 1.165) is 11.1 Å². The summed E-state index contributed by atoms with van der Waals surface area (Å²) in [6, 6.07) is 27.8. The number of para-hydroxylation sites is 2. The second-order valence-corrected chi connectivity index (χ2v) is 12.5. The molecule has 0 fully saturated rings. The van der Waals surface area contributed by atoms with Crippen LogP contribution in [0, 0.1) is 0 Å². The number of rotatable bonds is 6. The van der Waals surface area contributed by atoms with Crippen molar-refractivity contribution >= 4 is 44.8 Å². The van der Waals surface area contributed by atoms with Gasteiger partial charge in [-0.25, -0.2) is 8.42 Å². The van der Waals surface area contributed by atoms with Gasteiger partial charge in [0.25, 0.3) is 21.8 Å². The fraction of sp³-hybridized carbons (Fsp3) is 0.188. The minimum absolute atomic E-state index is 0.0324. The molecule has 1 atom stereocenters. The molecule has 2 aliphatic rings. The van der Waals surface area contributed by atoms with E-state index in [1.54, 1.807) is 53.4 Å². The molecule has 1 N–H and O–H groups in total. The van der Waals surface area contributed by atoms with Gasteiger partial charge in [-0.1, -0.05) is 54.1 Å². The van der Waals surface area contributed by atoms with Crippen molar-refractivity contribution in [2.45, 2.75) is 30.4 Å². The molecule has 10 heteroatoms. The largest absolute Gasteiger partial charge is 0.477 e. The van der Waals surface area contributed by atoms with Crippen molar-refractivity contribution in [2.75, 3.05) is 22.3 Å². The third-order valence-electron chi connectivity index (χ3n) is 7.42. The topological polar surface area (TPSA) is 96.0 Å². The van der Waals surface area contributed by atoms with Crippen LogP contribution < -0.4 is 19.3 Å². The Morgan fingerprint density at radius 3 is 2.43 bits per heavy atom. The first-order valence-corrected chi connectivity index (χ1v) is 15.4. The van der Waals surface area contributed by atoms with E-state index in [9.17, 15) is 18.0 Å². The number of nitrogens with zero attached hydrogens (tertiary/aromatic N) is 2. The normalized spacial score (nSPS) is 16.2. The maximum Gasteiger partial charge on any atom is 0.264 e. The first-order valence-electron chi connectivity index (χ1n) is 13.6. The zero-order chi connectivity index (χ0) is 29.3. The van der Waals surface area contributed by atoms with E-state index in [2.05, 4.69) is 5.32 Å². The lowest BCUT2D eigenvalue weighted by Crippen LogP contribution is -2.50. The smallest absolute Gasteiger partial charge is 0.264 e. The lowest BCUT2D eigenvalue weighted by molar-refractivity contribution is -0.128. The number of fused-ring (bicyclic) bond motifs is 2. The van der Waals surface area contributed by atoms with Gasteiger partial charge in [-0.2, -0.15) is 0 Å². The molecule has 214 valence electrons. The number of hydrogen-bond acceptors (Lipinski definition) is 5. The predicted molar refractivity (Wildman–Crippen MR) is 162 cm³/mol. The van der Waals surface area contributed by atoms with Crippen LogP contribution in [0.4, 0.5) is 11.4 Å². The van der Waals surface area contributed by atoms with Crippen LogP contribution in [0.5, 0.6) is 5.75 Å². The number of nitrogens with one attached hydrogen (secondary N) is 1. The van der Waals surface area contributed by atoms with Gasteiger partial charge in [-0.15, -0.1) is 0 Å². The molecule has 4 aromatic rings. The molecule has 2 amide bonds. The molecule has 0 saturated heterocycles. The van der Waals surface area contributed by atoms with Crippen LogP contribution in [-0.2, 0) is 27.8 Å². The molecular weight excluding hydrogens is 574 g/mol. The number of sulfonamides is 1. The first kappa shape index (κ1) is 27.8. The monoisotopic (exact) mass is 601 g/mol. The maximum atomic E-state index is 13.9. The van der Waals surface area contributed by atoms with Crippen LogP contribution in [0.3, 0.4) is 0 Å². The number of ether oxygens (including phenoxy) is 1. The number of amides is 2. The minimum Gasteiger partial charge on any atom is -0.477 e. The van der Waals surface area contributed by atoms with Gasteiger partial charge in [-0.05, 0) is 78.6 Å². The van der Waals surface area contributed by atoms with Crippen molar-refractivity contribution in [1.82, 2.24) is 5.32 Å². The molecule has 42 heavy (non-hydrogen) atoms. The summed E-state index contributed by atoms with van der Waals surface area (Å²) in [6.07, 6.45) is 0.347. The summed E-state index contributed by atoms with van der Waals surface area (Å²) in [5.41, 5.74) is 3.24. The molecule has 2 aliphatic heterocycles. The van der Waals surface area contributed by atoms with Crippen LogP contribution >= 0.6 is 11.6 Å². The maximum absolute atomic E-state index is 13.9. The van der Waals surface area contributed by atoms with Gasteiger partial charge in [-0.3, -0.25) is 13.9 Å². The molecule has 6 rings (SSSR count). The Balaban J connectivity index is 1.25. The van der Waals surface area contributed by atoms with E-state index in [1.807, 2.05) is 36.4 Å². The number of carbonyl (C=O) groups excluding carboxylic acids is 2. The summed E-state index contributed by atoms with van der Waals surface area (Å²) in [6.45, 7) is 0.710. The molecule has 0 bridgehead atoms. The third-order valence-corrected chi connectivity index (χ3v) is 9.50. The number of benzene rings is 4. The highest BCUT2D eigenvalue weighted by molar-refractivity contribution is 7.92. The summed E-state index contributed by atoms with van der Waals surface area (Å²) in [7, 11) is -3.81. The van der Waals surface area contributed by atoms with Gasteiger partial charge in [0, 0.05) is 23.7 Å². The Kier molecular flexibility index (Phi) is 7.62. The number of anilines is 2. The van der Waals surface area contributed by atoms with E-state index >= 15 is 0 Å². The molecule has 0 saturated carbocycles. The van der Waals surface area contributed by atoms with E-state index in [1.165, 1.54) is 16.4 Å². The standard InChI is InChI=1S/C32H28ClN3O5S/c33-25-13-15-26(16-14-25)42(39,40)36-18-6-9-23-19-24(12-17-27(23)36)32(38)35-21-30(41-29-11-5-4-10-28(29)35)31(37)34-20-22-7-2-1-3-8-22/h1-5,7-8,10-17,19,30H,6,9,18,20-21H2,(H,34,37)/t30-/m1/s1. The van der Waals surface area contributed by atoms with Crippen molar-refractivity contribution in [3.63, 3.8) is 0 Å². The van der Waals surface area contributed by atoms with Crippen LogP contribution in [0.2, 0.25) is 5.02 Å². The Hall–Kier alpha value is -4.34. The minimum atomic E-state index is -3.81. The highest BCUT2D eigenvalue weighted by atomic mass is 35.5. The van der Waals surface area contributed by atoms with Gasteiger partial charge in [0.15, 0.2) is 6.10 Å². The number of hydrogen-bond donors (Lipinski definition) is 1. The molecule has 0 spiro atoms. The number of halogens is 1. The van der Waals surface area contributed by atoms with Crippen molar-refractivity contribution in [3.8, 4) is 5.75 Å². The van der Waals surface area contributed by atoms with Crippen molar-refractivity contribution in [3.05, 3.63) is 119 Å². The summed E-state index contributed by atoms with van der Waals surface area (Å²) in [4.78, 5) is 28.7. The molecule has 2 heterocycles. The number of aryl methyl sites for hydroxylation is 1. The Bertz CT molecular complexity index is 1750. The molecule has 0 radical (unpaired) electrons. The third kappa shape index (κ3) is 5.45. The second kappa shape index (κ2) is 11.5. The molecule has 0 unspecified atom stereocenters. The molecular formula is C32H28ClN3O5S. The van der Waals surface area contributed by atoms with Crippen LogP contribution in [0.15, 0.2) is 102 Å². The fourth-order valence-corrected chi connectivity index (χ4v) is 6.96. The van der Waals surface area contributed by atoms with E-state index in [0.29, 0.717) is 53.6 Å². The fourth-order valence-electron chi connectivity index (χ4n) is 5.30. The van der Waals surface area contributed by atoms with Gasteiger partial charge < -0.3 is 15.0 Å². The Labute approximate surface area is 249 Å². The van der Waals surface area contributed by atoms with E-state index in [4.69, 9.17) is 16.3 Å². The average Bonchev–Trinajstić information content (AvgIpc) is 3.02. The van der Waals surface area contributed by atoms with Crippen LogP contribution in [0.25, 0.3) is 0 Å². The van der Waals surface area contributed by atoms with Crippen molar-refractivity contribution < 1.29 is 22.7 Å². The summed E-state index contributed by atoms with van der Waals surface area (Å²) >= 11 is 5.96. The lowest BCUT2D eigenvalue weighted by Gasteiger charge is -2.35. The van der Waals surface area contributed by atoms with Gasteiger partial charge >= 0.3 is 0 Å². The van der Waals surface area contributed by atoms with Crippen molar-refractivity contribution in [2.24, 2.45) is 0 Å². The molecule has 0 aromatic heterocycles. The first-order chi connectivity index (χ1) is 20.3. The highest BCUT2D eigenvalue weighted by Gasteiger charge is 2.35. The Morgan fingerprint density at radius 1 is 0.905 bits per heavy atom. The predicted octanol–water partition coefficient (Wildman–Crippen LogP) is 5.21. The van der Waals surface area contributed by atoms with Gasteiger partial charge in [0.2, 0.25) is 0 Å². The number of carbonyl (C=O) groups is 2. The van der Waals surface area contributed by atoms with Gasteiger partial charge in [0.1, 0.15) is 5.75 Å². The highest BCUT2D eigenvalue weighted by Crippen LogP contribution is 2.36. The van der Waals surface area contributed by atoms with E-state index in [-0.39, 0.29) is 23.3 Å². The summed E-state index contributed by atoms with van der Waals surface area (Å²) in [5.74, 6) is -0.179. The lowest BCUT2D eigenvalue weighted by atomic mass is 10.00. The Morgan fingerprint density at radius 2 is 1.64 bits per heavy atom. The van der Waals surface area contributed by atoms with Crippen LogP contribution in [0.1, 0.15) is 27.9 Å². The van der Waals surface area contributed by atoms with Crippen molar-refractivity contribution in [1.29, 1.82) is 0 Å². The molecule has 4 aromatic carbocycles. The molecule has 8 nitrogen and oxygen atoms in total. The van der Waals surface area contributed by atoms with Crippen LogP contribution in [-0.4, -0.2) is 39.4 Å². The summed E-state index contributed by atoms with van der Waals surface area (Å²) in [5, 5.41) is 3.36.